The van der Waals surface area contributed by atoms with Gasteiger partial charge in [0.05, 0.1) is 18.1 Å². The molecule has 0 radical (unpaired) electrons. The van der Waals surface area contributed by atoms with E-state index in [1.165, 1.54) is 4.90 Å². The Morgan fingerprint density at radius 2 is 1.52 bits per heavy atom. The number of carbonyl (C=O) groups is 2. The van der Waals surface area contributed by atoms with Crippen molar-refractivity contribution in [3.8, 4) is 0 Å². The van der Waals surface area contributed by atoms with Crippen LogP contribution in [0.1, 0.15) is 20.7 Å². The van der Waals surface area contributed by atoms with Crippen LogP contribution in [0.5, 0.6) is 0 Å². The Morgan fingerprint density at radius 3 is 2.08 bits per heavy atom. The van der Waals surface area contributed by atoms with Crippen LogP contribution in [0.4, 0.5) is 11.4 Å². The summed E-state index contributed by atoms with van der Waals surface area (Å²) in [4.78, 5) is 27.5. The molecule has 132 valence electrons. The molecule has 2 aliphatic heterocycles. The maximum absolute atomic E-state index is 12.0. The van der Waals surface area contributed by atoms with E-state index in [0.717, 1.165) is 28.8 Å². The molecular formula is C15H14ClN3O6. The van der Waals surface area contributed by atoms with Crippen LogP contribution in [0, 0.1) is 10.2 Å². The van der Waals surface area contributed by atoms with Crippen LogP contribution < -0.4 is 33.8 Å². The van der Waals surface area contributed by atoms with Gasteiger partial charge in [-0.3, -0.25) is 19.8 Å². The van der Waals surface area contributed by atoms with Crippen molar-refractivity contribution in [2.45, 2.75) is 0 Å². The molecule has 4 rings (SSSR count). The number of nitrogens with one attached hydrogen (secondary N) is 2. The molecule has 25 heavy (non-hydrogen) atoms. The van der Waals surface area contributed by atoms with Gasteiger partial charge in [0.15, 0.2) is 6.67 Å². The topological polar surface area (TPSA) is 146 Å². The molecule has 0 bridgehead atoms. The number of halogens is 1. The molecule has 0 aliphatic carbocycles. The molecular weight excluding hydrogens is 354 g/mol. The van der Waals surface area contributed by atoms with Crippen molar-refractivity contribution in [3.63, 3.8) is 0 Å². The molecule has 0 saturated heterocycles. The average Bonchev–Trinajstić information content (AvgIpc) is 2.48. The van der Waals surface area contributed by atoms with Gasteiger partial charge in [0.1, 0.15) is 5.69 Å². The lowest BCUT2D eigenvalue weighted by Gasteiger charge is -2.32. The monoisotopic (exact) mass is 367 g/mol. The zero-order chi connectivity index (χ0) is 18.5. The van der Waals surface area contributed by atoms with Crippen molar-refractivity contribution in [2.75, 3.05) is 25.7 Å². The molecule has 2 heterocycles. The fourth-order valence-electron chi connectivity index (χ4n) is 3.29. The third kappa shape index (κ3) is 3.16. The van der Waals surface area contributed by atoms with Gasteiger partial charge in [-0.05, 0) is 18.2 Å². The number of anilines is 1. The highest BCUT2D eigenvalue weighted by Gasteiger charge is 2.32. The van der Waals surface area contributed by atoms with Crippen LogP contribution in [0.2, 0.25) is 0 Å². The minimum atomic E-state index is -4.94. The number of rotatable bonds is 0. The highest BCUT2D eigenvalue weighted by molar-refractivity contribution is 6.28. The van der Waals surface area contributed by atoms with Crippen LogP contribution >= 0.6 is 0 Å². The summed E-state index contributed by atoms with van der Waals surface area (Å²) in [6.07, 6.45) is 0. The lowest BCUT2D eigenvalue weighted by molar-refractivity contribution is -2.00. The maximum atomic E-state index is 12.0. The lowest BCUT2D eigenvalue weighted by atomic mass is 9.91. The van der Waals surface area contributed by atoms with E-state index in [1.807, 2.05) is 31.3 Å². The normalized spacial score (nSPS) is 18.6. The number of benzene rings is 2. The zero-order valence-electron chi connectivity index (χ0n) is 13.3. The first-order chi connectivity index (χ1) is 11.6. The van der Waals surface area contributed by atoms with Crippen LogP contribution in [0.15, 0.2) is 24.3 Å². The van der Waals surface area contributed by atoms with E-state index in [4.69, 9.17) is 18.6 Å². The van der Waals surface area contributed by atoms with Crippen molar-refractivity contribution in [1.82, 2.24) is 5.32 Å². The first-order valence-electron chi connectivity index (χ1n) is 7.19. The molecule has 9 nitrogen and oxygen atoms in total. The van der Waals surface area contributed by atoms with Gasteiger partial charge in [0.25, 0.3) is 11.8 Å². The highest BCUT2D eigenvalue weighted by Crippen LogP contribution is 2.38. The van der Waals surface area contributed by atoms with Gasteiger partial charge < -0.3 is 4.90 Å². The third-order valence-electron chi connectivity index (χ3n) is 4.20. The van der Waals surface area contributed by atoms with Crippen LogP contribution in [0.25, 0.3) is 10.8 Å². The molecule has 0 saturated carbocycles. The molecule has 2 aromatic rings. The number of imide groups is 1. The Hall–Kier alpha value is -2.27. The first kappa shape index (κ1) is 17.5. The molecule has 0 spiro atoms. The Labute approximate surface area is 144 Å². The Balaban J connectivity index is 0.000000324. The number of amides is 2. The lowest BCUT2D eigenvalue weighted by Crippen LogP contribution is -3.06. The molecule has 1 atom stereocenters. The summed E-state index contributed by atoms with van der Waals surface area (Å²) in [5, 5.41) is 4.21. The largest absolute Gasteiger partial charge is 0.327 e. The smallest absolute Gasteiger partial charge is 0.258 e. The highest BCUT2D eigenvalue weighted by atomic mass is 35.7. The fourth-order valence-corrected chi connectivity index (χ4v) is 3.29. The molecule has 0 aromatic heterocycles. The van der Waals surface area contributed by atoms with Crippen LogP contribution in [-0.4, -0.2) is 32.6 Å². The van der Waals surface area contributed by atoms with Gasteiger partial charge in [-0.25, -0.2) is 18.6 Å². The molecule has 1 unspecified atom stereocenters. The molecule has 2 amide bonds. The summed E-state index contributed by atoms with van der Waals surface area (Å²) >= 11 is 0. The number of nitrogens with zero attached hydrogens (tertiary/aromatic N) is 1. The number of hydrogen-bond donors (Lipinski definition) is 2. The maximum Gasteiger partial charge on any atom is 0.258 e. The van der Waals surface area contributed by atoms with Gasteiger partial charge in [-0.2, -0.15) is 0 Å². The van der Waals surface area contributed by atoms with Crippen molar-refractivity contribution in [2.24, 2.45) is 0 Å². The van der Waals surface area contributed by atoms with Crippen LogP contribution in [0.3, 0.4) is 0 Å². The second-order valence-electron chi connectivity index (χ2n) is 5.84. The molecule has 2 aliphatic rings. The second-order valence-corrected chi connectivity index (χ2v) is 6.60. The van der Waals surface area contributed by atoms with E-state index in [-0.39, 0.29) is 11.8 Å². The van der Waals surface area contributed by atoms with E-state index >= 15 is 0 Å². The van der Waals surface area contributed by atoms with Crippen molar-refractivity contribution in [3.05, 3.63) is 35.4 Å². The van der Waals surface area contributed by atoms with E-state index in [0.29, 0.717) is 11.1 Å². The number of quaternary nitrogens is 1. The first-order valence-corrected chi connectivity index (χ1v) is 8.42. The molecule has 10 heteroatoms. The minimum Gasteiger partial charge on any atom is -0.327 e. The standard InChI is InChI=1S/C15H13N3O2.ClHO4/c1-17-7-18(2)11-6-4-9-12-8(14(19)16-15(9)20)3-5-10(17)13(11)12;2-1(3,4)5/h3-6H,7H2,1-2H3,(H,16,19,20);(H,2,3,4,5). The van der Waals surface area contributed by atoms with E-state index in [9.17, 15) is 9.59 Å². The summed E-state index contributed by atoms with van der Waals surface area (Å²) in [5.41, 5.74) is 3.39. The molecule has 2 aromatic carbocycles. The summed E-state index contributed by atoms with van der Waals surface area (Å²) < 4.78 is 34.0. The van der Waals surface area contributed by atoms with Gasteiger partial charge >= 0.3 is 0 Å². The van der Waals surface area contributed by atoms with Gasteiger partial charge in [0, 0.05) is 29.6 Å². The SMILES string of the molecule is CN1C[NH+](C)c2ccc3c4c(ccc1c24)C(=O)NC3=O.[O-][Cl+3]([O-])([O-])[O-]. The molecule has 0 fully saturated rings. The predicted molar refractivity (Wildman–Crippen MR) is 75.6 cm³/mol. The van der Waals surface area contributed by atoms with Gasteiger partial charge in [-0.1, -0.05) is 0 Å². The predicted octanol–water partition coefficient (Wildman–Crippen LogP) is -4.48. The van der Waals surface area contributed by atoms with Gasteiger partial charge in [-0.15, -0.1) is 10.2 Å². The quantitative estimate of drug-likeness (QED) is 0.446. The average molecular weight is 368 g/mol. The van der Waals surface area contributed by atoms with E-state index in [1.54, 1.807) is 0 Å². The minimum absolute atomic E-state index is 0.308. The molecule has 2 N–H and O–H groups in total. The van der Waals surface area contributed by atoms with Crippen molar-refractivity contribution >= 4 is 34.0 Å². The summed E-state index contributed by atoms with van der Waals surface area (Å²) in [6, 6.07) is 7.58. The van der Waals surface area contributed by atoms with Crippen LogP contribution in [-0.2, 0) is 0 Å². The zero-order valence-corrected chi connectivity index (χ0v) is 14.0. The van der Waals surface area contributed by atoms with E-state index in [2.05, 4.69) is 17.3 Å². The Kier molecular flexibility index (Phi) is 4.15. The number of carbonyl (C=O) groups excluding carboxylic acids is 2. The summed E-state index contributed by atoms with van der Waals surface area (Å²) in [5.74, 6) is -0.617. The van der Waals surface area contributed by atoms with E-state index < -0.39 is 10.2 Å². The third-order valence-corrected chi connectivity index (χ3v) is 4.20. The van der Waals surface area contributed by atoms with Gasteiger partial charge in [0.2, 0.25) is 0 Å². The second kappa shape index (κ2) is 5.92. The summed E-state index contributed by atoms with van der Waals surface area (Å²) in [7, 11) is -0.824. The van der Waals surface area contributed by atoms with Crippen molar-refractivity contribution < 1.29 is 43.4 Å². The Morgan fingerprint density at radius 1 is 1.00 bits per heavy atom. The van der Waals surface area contributed by atoms with Crippen molar-refractivity contribution in [1.29, 1.82) is 0 Å². The summed E-state index contributed by atoms with van der Waals surface area (Å²) in [6.45, 7) is 0.862. The Bertz CT molecular complexity index is 828. The fraction of sp³-hybridized carbons (Fsp3) is 0.200. The number of hydrogen-bond acceptors (Lipinski definition) is 7.